The number of unbranched alkanes of at least 4 members (excludes halogenated alkanes) is 9. The SMILES string of the molecule is OCCCCCCc1n(CCCCCCO)cc[n+]1CCCCCCO. The molecule has 0 aliphatic heterocycles. The zero-order chi connectivity index (χ0) is 18.9. The van der Waals surface area contributed by atoms with Crippen molar-refractivity contribution in [3.05, 3.63) is 18.2 Å². The average Bonchev–Trinajstić information content (AvgIpc) is 3.03. The number of nitrogens with zero attached hydrogens (tertiary/aromatic N) is 2. The highest BCUT2D eigenvalue weighted by atomic mass is 16.3. The summed E-state index contributed by atoms with van der Waals surface area (Å²) in [7, 11) is 0. The molecule has 5 heteroatoms. The van der Waals surface area contributed by atoms with E-state index >= 15 is 0 Å². The molecular formula is C21H41N2O3+. The molecule has 0 aliphatic rings. The van der Waals surface area contributed by atoms with Crippen LogP contribution in [0.15, 0.2) is 12.4 Å². The Morgan fingerprint density at radius 2 is 1.19 bits per heavy atom. The Morgan fingerprint density at radius 3 is 1.81 bits per heavy atom. The minimum atomic E-state index is 0.304. The van der Waals surface area contributed by atoms with E-state index < -0.39 is 0 Å². The van der Waals surface area contributed by atoms with Gasteiger partial charge < -0.3 is 15.3 Å². The van der Waals surface area contributed by atoms with Gasteiger partial charge in [0.05, 0.1) is 13.1 Å². The van der Waals surface area contributed by atoms with E-state index in [2.05, 4.69) is 21.5 Å². The minimum Gasteiger partial charge on any atom is -0.396 e. The zero-order valence-electron chi connectivity index (χ0n) is 16.6. The van der Waals surface area contributed by atoms with Crippen molar-refractivity contribution in [1.82, 2.24) is 4.57 Å². The summed E-state index contributed by atoms with van der Waals surface area (Å²) in [4.78, 5) is 0. The first-order chi connectivity index (χ1) is 12.8. The molecule has 5 nitrogen and oxygen atoms in total. The first-order valence-electron chi connectivity index (χ1n) is 10.7. The normalized spacial score (nSPS) is 11.3. The van der Waals surface area contributed by atoms with Gasteiger partial charge in [0, 0.05) is 26.2 Å². The Morgan fingerprint density at radius 1 is 0.654 bits per heavy atom. The van der Waals surface area contributed by atoms with Gasteiger partial charge in [-0.3, -0.25) is 0 Å². The number of aromatic nitrogens is 2. The molecule has 26 heavy (non-hydrogen) atoms. The summed E-state index contributed by atoms with van der Waals surface area (Å²) in [6.07, 6.45) is 18.7. The molecule has 152 valence electrons. The third kappa shape index (κ3) is 10.3. The van der Waals surface area contributed by atoms with E-state index in [1.54, 1.807) is 0 Å². The van der Waals surface area contributed by atoms with Crippen LogP contribution in [0.2, 0.25) is 0 Å². The minimum absolute atomic E-state index is 0.304. The van der Waals surface area contributed by atoms with Crippen LogP contribution in [0.3, 0.4) is 0 Å². The molecule has 0 saturated heterocycles. The summed E-state index contributed by atoms with van der Waals surface area (Å²) >= 11 is 0. The van der Waals surface area contributed by atoms with Crippen LogP contribution in [0.25, 0.3) is 0 Å². The van der Waals surface area contributed by atoms with E-state index in [-0.39, 0.29) is 0 Å². The van der Waals surface area contributed by atoms with Crippen LogP contribution in [-0.4, -0.2) is 39.7 Å². The van der Waals surface area contributed by atoms with E-state index in [1.165, 1.54) is 44.3 Å². The van der Waals surface area contributed by atoms with Crippen molar-refractivity contribution in [1.29, 1.82) is 0 Å². The molecule has 1 aromatic heterocycles. The molecule has 1 aromatic rings. The third-order valence-corrected chi connectivity index (χ3v) is 5.01. The van der Waals surface area contributed by atoms with Gasteiger partial charge in [0.15, 0.2) is 0 Å². The van der Waals surface area contributed by atoms with E-state index in [9.17, 15) is 0 Å². The van der Waals surface area contributed by atoms with Crippen molar-refractivity contribution in [3.63, 3.8) is 0 Å². The molecule has 3 N–H and O–H groups in total. The maximum absolute atomic E-state index is 8.92. The largest absolute Gasteiger partial charge is 0.396 e. The lowest BCUT2D eigenvalue weighted by atomic mass is 10.1. The Kier molecular flexibility index (Phi) is 14.5. The fourth-order valence-electron chi connectivity index (χ4n) is 3.44. The molecule has 0 bridgehead atoms. The predicted molar refractivity (Wildman–Crippen MR) is 105 cm³/mol. The summed E-state index contributed by atoms with van der Waals surface area (Å²) < 4.78 is 4.83. The topological polar surface area (TPSA) is 69.5 Å². The van der Waals surface area contributed by atoms with Gasteiger partial charge in [0.25, 0.3) is 5.82 Å². The molecule has 0 spiro atoms. The third-order valence-electron chi connectivity index (χ3n) is 5.01. The number of imidazole rings is 1. The number of rotatable bonds is 18. The molecule has 0 unspecified atom stereocenters. The first kappa shape index (κ1) is 23.1. The van der Waals surface area contributed by atoms with Crippen molar-refractivity contribution < 1.29 is 19.9 Å². The summed E-state index contributed by atoms with van der Waals surface area (Å²) in [6.45, 7) is 3.04. The molecule has 0 radical (unpaired) electrons. The highest BCUT2D eigenvalue weighted by molar-refractivity contribution is 4.84. The van der Waals surface area contributed by atoms with E-state index in [1.807, 2.05) is 0 Å². The zero-order valence-corrected chi connectivity index (χ0v) is 16.6. The molecule has 0 fully saturated rings. The maximum Gasteiger partial charge on any atom is 0.256 e. The van der Waals surface area contributed by atoms with Crippen molar-refractivity contribution in [2.45, 2.75) is 96.6 Å². The molecule has 1 rings (SSSR count). The van der Waals surface area contributed by atoms with Gasteiger partial charge in [-0.05, 0) is 51.4 Å². The van der Waals surface area contributed by atoms with Crippen molar-refractivity contribution in [2.75, 3.05) is 19.8 Å². The monoisotopic (exact) mass is 369 g/mol. The van der Waals surface area contributed by atoms with Crippen molar-refractivity contribution in [2.24, 2.45) is 0 Å². The molecule has 0 atom stereocenters. The average molecular weight is 370 g/mol. The molecule has 0 saturated carbocycles. The van der Waals surface area contributed by atoms with Gasteiger partial charge >= 0.3 is 0 Å². The summed E-state index contributed by atoms with van der Waals surface area (Å²) in [5.74, 6) is 1.43. The number of aliphatic hydroxyl groups excluding tert-OH is 3. The van der Waals surface area contributed by atoms with Gasteiger partial charge in [-0.15, -0.1) is 0 Å². The highest BCUT2D eigenvalue weighted by Gasteiger charge is 2.16. The van der Waals surface area contributed by atoms with Crippen LogP contribution in [0.5, 0.6) is 0 Å². The lowest BCUT2D eigenvalue weighted by Gasteiger charge is -2.06. The second-order valence-corrected chi connectivity index (χ2v) is 7.26. The van der Waals surface area contributed by atoms with Crippen molar-refractivity contribution >= 4 is 0 Å². The Balaban J connectivity index is 2.48. The van der Waals surface area contributed by atoms with Crippen LogP contribution in [0.4, 0.5) is 0 Å². The lowest BCUT2D eigenvalue weighted by molar-refractivity contribution is -0.704. The van der Waals surface area contributed by atoms with E-state index in [4.69, 9.17) is 15.3 Å². The van der Waals surface area contributed by atoms with Crippen LogP contribution < -0.4 is 4.57 Å². The number of hydrogen-bond acceptors (Lipinski definition) is 3. The molecular weight excluding hydrogens is 328 g/mol. The number of hydrogen-bond donors (Lipinski definition) is 3. The van der Waals surface area contributed by atoms with Gasteiger partial charge in [0.1, 0.15) is 12.4 Å². The molecule has 1 heterocycles. The smallest absolute Gasteiger partial charge is 0.256 e. The molecule has 0 aromatic carbocycles. The Hall–Kier alpha value is -0.910. The van der Waals surface area contributed by atoms with Crippen LogP contribution in [0.1, 0.15) is 82.9 Å². The molecule has 0 amide bonds. The van der Waals surface area contributed by atoms with E-state index in [0.717, 1.165) is 58.0 Å². The summed E-state index contributed by atoms with van der Waals surface area (Å²) in [6, 6.07) is 0. The second-order valence-electron chi connectivity index (χ2n) is 7.26. The van der Waals surface area contributed by atoms with Gasteiger partial charge in [-0.1, -0.05) is 25.7 Å². The van der Waals surface area contributed by atoms with Crippen molar-refractivity contribution in [3.8, 4) is 0 Å². The maximum atomic E-state index is 8.92. The molecule has 0 aliphatic carbocycles. The van der Waals surface area contributed by atoms with Gasteiger partial charge in [-0.25, -0.2) is 9.13 Å². The standard InChI is InChI=1S/C21H41N2O3/c24-18-10-4-1-7-13-21-22(14-8-2-5-11-19-25)16-17-23(21)15-9-3-6-12-20-26/h16-17,24-26H,1-15,18-20H2/q+1. The van der Waals surface area contributed by atoms with Crippen LogP contribution in [0, 0.1) is 0 Å². The number of aliphatic hydroxyl groups is 3. The lowest BCUT2D eigenvalue weighted by Crippen LogP contribution is -2.37. The van der Waals surface area contributed by atoms with Gasteiger partial charge in [-0.2, -0.15) is 0 Å². The van der Waals surface area contributed by atoms with Crippen LogP contribution in [-0.2, 0) is 19.5 Å². The van der Waals surface area contributed by atoms with Crippen LogP contribution >= 0.6 is 0 Å². The summed E-state index contributed by atoms with van der Waals surface area (Å²) in [5.41, 5.74) is 0. The van der Waals surface area contributed by atoms with E-state index in [0.29, 0.717) is 19.8 Å². The number of aryl methyl sites for hydroxylation is 2. The van der Waals surface area contributed by atoms with Gasteiger partial charge in [0.2, 0.25) is 0 Å². The fourth-order valence-corrected chi connectivity index (χ4v) is 3.44. The Labute approximate surface area is 159 Å². The first-order valence-corrected chi connectivity index (χ1v) is 10.7. The quantitative estimate of drug-likeness (QED) is 0.275. The fraction of sp³-hybridized carbons (Fsp3) is 0.857. The predicted octanol–water partition coefficient (Wildman–Crippen LogP) is 2.98. The Bertz CT molecular complexity index is 403. The summed E-state index contributed by atoms with van der Waals surface area (Å²) in [5, 5.41) is 26.7. The second kappa shape index (κ2) is 16.3. The highest BCUT2D eigenvalue weighted by Crippen LogP contribution is 2.09.